The quantitative estimate of drug-likeness (QED) is 0.260. The van der Waals surface area contributed by atoms with Gasteiger partial charge in [0.25, 0.3) is 17.4 Å². The minimum absolute atomic E-state index is 0.0692. The van der Waals surface area contributed by atoms with E-state index >= 15 is 0 Å². The van der Waals surface area contributed by atoms with Gasteiger partial charge in [-0.25, -0.2) is 8.78 Å². The highest BCUT2D eigenvalue weighted by atomic mass is 32.2. The lowest BCUT2D eigenvalue weighted by Gasteiger charge is -2.45. The van der Waals surface area contributed by atoms with Gasteiger partial charge in [-0.15, -0.1) is 11.8 Å². The maximum absolute atomic E-state index is 13.7. The second-order valence-corrected chi connectivity index (χ2v) is 13.0. The molecule has 3 N–H and O–H groups in total. The van der Waals surface area contributed by atoms with E-state index in [0.717, 1.165) is 58.6 Å². The van der Waals surface area contributed by atoms with Crippen LogP contribution in [0.2, 0.25) is 0 Å². The molecule has 1 atom stereocenters. The van der Waals surface area contributed by atoms with Crippen LogP contribution in [-0.4, -0.2) is 45.8 Å². The van der Waals surface area contributed by atoms with Crippen LogP contribution in [0.5, 0.6) is 5.75 Å². The van der Waals surface area contributed by atoms with E-state index in [9.17, 15) is 18.4 Å². The van der Waals surface area contributed by atoms with Crippen LogP contribution in [0.3, 0.4) is 0 Å². The number of carbonyl (C=O) groups is 1. The molecule has 3 fully saturated rings. The van der Waals surface area contributed by atoms with Gasteiger partial charge in [-0.1, -0.05) is 0 Å². The number of ether oxygens (including phenoxy) is 1. The van der Waals surface area contributed by atoms with Crippen LogP contribution in [0.4, 0.5) is 8.78 Å². The number of benzene rings is 1. The SMILES string of the molecule is CSc1cc(C)[nH]c(=O)c1CNC(=O)c1c(C)n([C@H](C)C2CC(NC3CC(F)(F)C3)C2)c2cc(OC3CC3)ccc12. The number of halogens is 2. The molecule has 6 rings (SSSR count). The third kappa shape index (κ3) is 5.65. The Morgan fingerprint density at radius 2 is 1.93 bits per heavy atom. The van der Waals surface area contributed by atoms with E-state index in [2.05, 4.69) is 27.1 Å². The molecule has 1 amide bonds. The molecule has 3 aromatic rings. The molecule has 0 saturated heterocycles. The Balaban J connectivity index is 1.25. The zero-order valence-electron chi connectivity index (χ0n) is 24.0. The number of alkyl halides is 2. The molecule has 7 nitrogen and oxygen atoms in total. The maximum Gasteiger partial charge on any atom is 0.254 e. The highest BCUT2D eigenvalue weighted by Crippen LogP contribution is 2.44. The predicted molar refractivity (Wildman–Crippen MR) is 157 cm³/mol. The molecule has 220 valence electrons. The number of pyridine rings is 1. The van der Waals surface area contributed by atoms with Crippen molar-refractivity contribution in [3.63, 3.8) is 0 Å². The highest BCUT2D eigenvalue weighted by molar-refractivity contribution is 7.98. The number of rotatable bonds is 10. The second kappa shape index (κ2) is 10.8. The monoisotopic (exact) mass is 584 g/mol. The summed E-state index contributed by atoms with van der Waals surface area (Å²) in [6, 6.07) is 8.12. The molecule has 0 spiro atoms. The van der Waals surface area contributed by atoms with Crippen molar-refractivity contribution < 1.29 is 18.3 Å². The molecule has 2 heterocycles. The zero-order valence-corrected chi connectivity index (χ0v) is 24.8. The lowest BCUT2D eigenvalue weighted by Crippen LogP contribution is -2.55. The average Bonchev–Trinajstić information content (AvgIpc) is 3.63. The van der Waals surface area contributed by atoms with Gasteiger partial charge in [-0.3, -0.25) is 9.59 Å². The largest absolute Gasteiger partial charge is 0.490 e. The van der Waals surface area contributed by atoms with Gasteiger partial charge in [0, 0.05) is 70.8 Å². The fraction of sp³-hybridized carbons (Fsp3) is 0.548. The van der Waals surface area contributed by atoms with Crippen molar-refractivity contribution in [3.05, 3.63) is 57.1 Å². The van der Waals surface area contributed by atoms with Crippen molar-refractivity contribution >= 4 is 28.6 Å². The predicted octanol–water partition coefficient (Wildman–Crippen LogP) is 5.87. The fourth-order valence-corrected chi connectivity index (χ4v) is 7.20. The summed E-state index contributed by atoms with van der Waals surface area (Å²) in [5.41, 5.74) is 3.56. The van der Waals surface area contributed by atoms with Crippen molar-refractivity contribution in [1.29, 1.82) is 0 Å². The number of nitrogens with zero attached hydrogens (tertiary/aromatic N) is 1. The molecule has 3 aliphatic rings. The van der Waals surface area contributed by atoms with E-state index in [0.29, 0.717) is 17.0 Å². The third-order valence-corrected chi connectivity index (χ3v) is 9.78. The number of thioether (sulfide) groups is 1. The van der Waals surface area contributed by atoms with Crippen molar-refractivity contribution in [1.82, 2.24) is 20.2 Å². The number of fused-ring (bicyclic) bond motifs is 1. The Kier molecular flexibility index (Phi) is 7.43. The van der Waals surface area contributed by atoms with Crippen LogP contribution in [0, 0.1) is 19.8 Å². The summed E-state index contributed by atoms with van der Waals surface area (Å²) in [7, 11) is 0. The van der Waals surface area contributed by atoms with Gasteiger partial charge in [-0.05, 0) is 76.8 Å². The molecule has 0 radical (unpaired) electrons. The van der Waals surface area contributed by atoms with Crippen molar-refractivity contribution in [3.8, 4) is 5.75 Å². The summed E-state index contributed by atoms with van der Waals surface area (Å²) < 4.78 is 34.9. The number of hydrogen-bond donors (Lipinski definition) is 3. The van der Waals surface area contributed by atoms with Crippen LogP contribution in [-0.2, 0) is 6.54 Å². The minimum Gasteiger partial charge on any atom is -0.490 e. The van der Waals surface area contributed by atoms with Gasteiger partial charge in [0.2, 0.25) is 0 Å². The third-order valence-electron chi connectivity index (χ3n) is 8.98. The zero-order chi connectivity index (χ0) is 29.1. The summed E-state index contributed by atoms with van der Waals surface area (Å²) in [5.74, 6) is -1.58. The van der Waals surface area contributed by atoms with Crippen molar-refractivity contribution in [2.45, 2.75) is 101 Å². The first kappa shape index (κ1) is 28.3. The standard InChI is InChI=1S/C31H38F2N4O3S/c1-16-9-27(41-4)25(29(38)35-16)15-34-30(39)28-18(3)37(26-12-23(7-8-24(26)28)40-22-5-6-22)17(2)19-10-20(11-19)36-21-13-31(32,33)14-21/h7-9,12,17,19-22,36H,5-6,10-11,13-15H2,1-4H3,(H,34,39)(H,35,38)/t17-,19?,20?/m1/s1. The molecule has 0 aliphatic heterocycles. The molecule has 3 saturated carbocycles. The number of H-pyrrole nitrogens is 1. The lowest BCUT2D eigenvalue weighted by atomic mass is 9.74. The van der Waals surface area contributed by atoms with Crippen LogP contribution in [0.15, 0.2) is 34.0 Å². The van der Waals surface area contributed by atoms with Gasteiger partial charge in [0.1, 0.15) is 5.75 Å². The van der Waals surface area contributed by atoms with E-state index in [-0.39, 0.29) is 55.1 Å². The number of aromatic amines is 1. The van der Waals surface area contributed by atoms with E-state index < -0.39 is 5.92 Å². The first-order valence-corrected chi connectivity index (χ1v) is 15.8. The van der Waals surface area contributed by atoms with Gasteiger partial charge in [0.05, 0.1) is 17.2 Å². The fourth-order valence-electron chi connectivity index (χ4n) is 6.49. The summed E-state index contributed by atoms with van der Waals surface area (Å²) >= 11 is 1.49. The highest BCUT2D eigenvalue weighted by Gasteiger charge is 2.47. The summed E-state index contributed by atoms with van der Waals surface area (Å²) in [4.78, 5) is 30.0. The molecule has 0 bridgehead atoms. The number of hydrogen-bond acceptors (Lipinski definition) is 5. The van der Waals surface area contributed by atoms with E-state index in [4.69, 9.17) is 4.74 Å². The number of aryl methyl sites for hydroxylation is 1. The van der Waals surface area contributed by atoms with E-state index in [1.165, 1.54) is 11.8 Å². The minimum atomic E-state index is -2.52. The first-order chi connectivity index (χ1) is 19.5. The van der Waals surface area contributed by atoms with Gasteiger partial charge in [0.15, 0.2) is 0 Å². The van der Waals surface area contributed by atoms with Crippen molar-refractivity contribution in [2.24, 2.45) is 5.92 Å². The van der Waals surface area contributed by atoms with Crippen LogP contribution in [0.25, 0.3) is 10.9 Å². The summed E-state index contributed by atoms with van der Waals surface area (Å²) in [6.07, 6.45) is 5.98. The normalized spacial score (nSPS) is 22.7. The molecule has 2 aromatic heterocycles. The summed E-state index contributed by atoms with van der Waals surface area (Å²) in [6.45, 7) is 6.13. The number of amides is 1. The van der Waals surface area contributed by atoms with Gasteiger partial charge < -0.3 is 24.9 Å². The van der Waals surface area contributed by atoms with E-state index in [1.807, 2.05) is 44.4 Å². The maximum atomic E-state index is 13.7. The number of nitrogens with one attached hydrogen (secondary N) is 3. The number of aromatic nitrogens is 2. The Hall–Kier alpha value is -2.85. The molecule has 3 aliphatic carbocycles. The molecule has 41 heavy (non-hydrogen) atoms. The van der Waals surface area contributed by atoms with Crippen LogP contribution >= 0.6 is 11.8 Å². The molecule has 10 heteroatoms. The molecular weight excluding hydrogens is 546 g/mol. The lowest BCUT2D eigenvalue weighted by molar-refractivity contribution is -0.0981. The molecule has 0 unspecified atom stereocenters. The second-order valence-electron chi connectivity index (χ2n) is 12.1. The first-order valence-electron chi connectivity index (χ1n) is 14.5. The van der Waals surface area contributed by atoms with Crippen LogP contribution in [0.1, 0.15) is 78.8 Å². The van der Waals surface area contributed by atoms with Gasteiger partial charge in [-0.2, -0.15) is 0 Å². The topological polar surface area (TPSA) is 88.2 Å². The van der Waals surface area contributed by atoms with Crippen molar-refractivity contribution in [2.75, 3.05) is 6.26 Å². The van der Waals surface area contributed by atoms with Crippen LogP contribution < -0.4 is 20.9 Å². The molecular formula is C31H38F2N4O3S. The smallest absolute Gasteiger partial charge is 0.254 e. The molecule has 1 aromatic carbocycles. The number of carbonyl (C=O) groups excluding carboxylic acids is 1. The Morgan fingerprint density at radius 3 is 2.59 bits per heavy atom. The Bertz CT molecular complexity index is 1530. The van der Waals surface area contributed by atoms with Gasteiger partial charge >= 0.3 is 0 Å². The van der Waals surface area contributed by atoms with E-state index in [1.54, 1.807) is 0 Å². The average molecular weight is 585 g/mol. The Labute approximate surface area is 242 Å². The Morgan fingerprint density at radius 1 is 1.20 bits per heavy atom. The summed E-state index contributed by atoms with van der Waals surface area (Å²) in [5, 5.41) is 7.26.